The minimum atomic E-state index is 0.0796. The van der Waals surface area contributed by atoms with Crippen LogP contribution in [0.4, 0.5) is 0 Å². The summed E-state index contributed by atoms with van der Waals surface area (Å²) >= 11 is 3.61. The molecule has 3 aromatic rings. The molecule has 3 rings (SSSR count). The topological polar surface area (TPSA) is 18.5 Å². The molecule has 2 nitrogen and oxygen atoms in total. The fourth-order valence-electron chi connectivity index (χ4n) is 3.33. The molecule has 150 valence electrons. The molecule has 3 aromatic carbocycles. The summed E-state index contributed by atoms with van der Waals surface area (Å²) in [6.45, 7) is 8.15. The zero-order chi connectivity index (χ0) is 20.1. The lowest BCUT2D eigenvalue weighted by Crippen LogP contribution is -2.11. The average molecular weight is 415 g/mol. The van der Waals surface area contributed by atoms with E-state index in [1.54, 1.807) is 23.5 Å². The van der Waals surface area contributed by atoms with E-state index in [1.807, 2.05) is 0 Å². The van der Waals surface area contributed by atoms with E-state index in [9.17, 15) is 0 Å². The van der Waals surface area contributed by atoms with Gasteiger partial charge in [0.1, 0.15) is 11.5 Å². The maximum Gasteiger partial charge on any atom is 0.135 e. The summed E-state index contributed by atoms with van der Waals surface area (Å²) in [5, 5.41) is 4.53. The standard InChI is InChI=1S/C24H30O2S2/c1-24(2,3)17-10-11-20-21(16-17)23(26-13-15-28-5)19-9-7-6-8-18(19)22(20)25-12-14-27-4/h6-11,16H,12-15H2,1-5H3. The minimum absolute atomic E-state index is 0.0796. The largest absolute Gasteiger partial charge is 0.491 e. The first-order valence-electron chi connectivity index (χ1n) is 9.69. The molecule has 0 aromatic heterocycles. The van der Waals surface area contributed by atoms with Crippen molar-refractivity contribution in [3.05, 3.63) is 48.0 Å². The van der Waals surface area contributed by atoms with Crippen molar-refractivity contribution in [2.24, 2.45) is 0 Å². The van der Waals surface area contributed by atoms with Gasteiger partial charge >= 0.3 is 0 Å². The number of ether oxygens (including phenoxy) is 2. The number of rotatable bonds is 8. The van der Waals surface area contributed by atoms with Crippen molar-refractivity contribution in [1.82, 2.24) is 0 Å². The Labute approximate surface area is 177 Å². The van der Waals surface area contributed by atoms with Gasteiger partial charge in [0, 0.05) is 33.1 Å². The van der Waals surface area contributed by atoms with Crippen molar-refractivity contribution >= 4 is 45.1 Å². The van der Waals surface area contributed by atoms with E-state index in [0.717, 1.165) is 44.5 Å². The summed E-state index contributed by atoms with van der Waals surface area (Å²) in [5.41, 5.74) is 1.39. The third kappa shape index (κ3) is 4.55. The highest BCUT2D eigenvalue weighted by Crippen LogP contribution is 2.44. The van der Waals surface area contributed by atoms with Crippen LogP contribution in [0.5, 0.6) is 11.5 Å². The van der Waals surface area contributed by atoms with Crippen LogP contribution in [0.1, 0.15) is 26.3 Å². The zero-order valence-corrected chi connectivity index (χ0v) is 19.1. The van der Waals surface area contributed by atoms with Gasteiger partial charge in [0.25, 0.3) is 0 Å². The summed E-state index contributed by atoms with van der Waals surface area (Å²) < 4.78 is 12.6. The molecule has 0 atom stereocenters. The molecule has 0 heterocycles. The van der Waals surface area contributed by atoms with E-state index in [1.165, 1.54) is 5.56 Å². The fourth-order valence-corrected chi connectivity index (χ4v) is 3.83. The van der Waals surface area contributed by atoms with Gasteiger partial charge in [0.05, 0.1) is 13.2 Å². The maximum absolute atomic E-state index is 6.34. The van der Waals surface area contributed by atoms with Crippen molar-refractivity contribution in [3.8, 4) is 11.5 Å². The number of fused-ring (bicyclic) bond motifs is 2. The molecule has 0 spiro atoms. The molecule has 0 aliphatic carbocycles. The molecule has 0 amide bonds. The van der Waals surface area contributed by atoms with Gasteiger partial charge in [0.15, 0.2) is 0 Å². The first kappa shape index (κ1) is 21.2. The second-order valence-electron chi connectivity index (χ2n) is 7.90. The van der Waals surface area contributed by atoms with E-state index in [-0.39, 0.29) is 5.41 Å². The van der Waals surface area contributed by atoms with Gasteiger partial charge in [-0.25, -0.2) is 0 Å². The SMILES string of the molecule is CSCCOc1c2ccccc2c(OCCSC)c2cc(C(C)(C)C)ccc12. The Morgan fingerprint density at radius 3 is 1.71 bits per heavy atom. The van der Waals surface area contributed by atoms with Crippen molar-refractivity contribution in [3.63, 3.8) is 0 Å². The van der Waals surface area contributed by atoms with Crippen molar-refractivity contribution in [1.29, 1.82) is 0 Å². The lowest BCUT2D eigenvalue weighted by Gasteiger charge is -2.22. The molecule has 0 saturated carbocycles. The third-order valence-electron chi connectivity index (χ3n) is 4.86. The Kier molecular flexibility index (Phi) is 7.05. The Morgan fingerprint density at radius 1 is 0.714 bits per heavy atom. The molecule has 0 radical (unpaired) electrons. The van der Waals surface area contributed by atoms with Gasteiger partial charge < -0.3 is 9.47 Å². The van der Waals surface area contributed by atoms with Crippen LogP contribution in [0, 0.1) is 0 Å². The second kappa shape index (κ2) is 9.32. The molecule has 4 heteroatoms. The smallest absolute Gasteiger partial charge is 0.135 e. The van der Waals surface area contributed by atoms with Crippen LogP contribution in [-0.4, -0.2) is 37.2 Å². The van der Waals surface area contributed by atoms with E-state index >= 15 is 0 Å². The Bertz CT molecular complexity index is 945. The van der Waals surface area contributed by atoms with Crippen molar-refractivity contribution in [2.75, 3.05) is 37.2 Å². The zero-order valence-electron chi connectivity index (χ0n) is 17.5. The maximum atomic E-state index is 6.34. The van der Waals surface area contributed by atoms with Crippen LogP contribution in [0.25, 0.3) is 21.5 Å². The summed E-state index contributed by atoms with van der Waals surface area (Å²) in [4.78, 5) is 0. The highest BCUT2D eigenvalue weighted by molar-refractivity contribution is 7.98. The van der Waals surface area contributed by atoms with Gasteiger partial charge in [-0.1, -0.05) is 57.2 Å². The van der Waals surface area contributed by atoms with Gasteiger partial charge in [0.2, 0.25) is 0 Å². The van der Waals surface area contributed by atoms with Crippen LogP contribution >= 0.6 is 23.5 Å². The molecular formula is C24H30O2S2. The van der Waals surface area contributed by atoms with Crippen LogP contribution in [0.15, 0.2) is 42.5 Å². The number of benzene rings is 3. The van der Waals surface area contributed by atoms with E-state index in [0.29, 0.717) is 13.2 Å². The lowest BCUT2D eigenvalue weighted by atomic mass is 9.85. The molecular weight excluding hydrogens is 384 g/mol. The first-order valence-corrected chi connectivity index (χ1v) is 12.5. The normalized spacial score (nSPS) is 11.9. The predicted molar refractivity (Wildman–Crippen MR) is 128 cm³/mol. The minimum Gasteiger partial charge on any atom is -0.491 e. The Balaban J connectivity index is 2.26. The van der Waals surface area contributed by atoms with Gasteiger partial charge in [-0.15, -0.1) is 0 Å². The summed E-state index contributed by atoms with van der Waals surface area (Å²) in [6, 6.07) is 15.2. The quantitative estimate of drug-likeness (QED) is 0.299. The number of hydrogen-bond donors (Lipinski definition) is 0. The summed E-state index contributed by atoms with van der Waals surface area (Å²) in [7, 11) is 0. The molecule has 0 saturated heterocycles. The van der Waals surface area contributed by atoms with Crippen LogP contribution in [0.3, 0.4) is 0 Å². The molecule has 0 fully saturated rings. The highest BCUT2D eigenvalue weighted by atomic mass is 32.2. The third-order valence-corrected chi connectivity index (χ3v) is 6.01. The first-order chi connectivity index (χ1) is 13.5. The molecule has 0 aliphatic rings. The average Bonchev–Trinajstić information content (AvgIpc) is 2.68. The molecule has 28 heavy (non-hydrogen) atoms. The monoisotopic (exact) mass is 414 g/mol. The molecule has 0 aliphatic heterocycles. The Morgan fingerprint density at radius 2 is 1.21 bits per heavy atom. The lowest BCUT2D eigenvalue weighted by molar-refractivity contribution is 0.346. The molecule has 0 bridgehead atoms. The summed E-state index contributed by atoms with van der Waals surface area (Å²) in [6.07, 6.45) is 4.22. The van der Waals surface area contributed by atoms with Crippen LogP contribution < -0.4 is 9.47 Å². The Hall–Kier alpha value is -1.52. The van der Waals surface area contributed by atoms with Gasteiger partial charge in [-0.05, 0) is 29.6 Å². The number of thioether (sulfide) groups is 2. The van der Waals surface area contributed by atoms with E-state index in [2.05, 4.69) is 75.7 Å². The van der Waals surface area contributed by atoms with Crippen molar-refractivity contribution < 1.29 is 9.47 Å². The van der Waals surface area contributed by atoms with Crippen molar-refractivity contribution in [2.45, 2.75) is 26.2 Å². The summed E-state index contributed by atoms with van der Waals surface area (Å²) in [5.74, 6) is 3.89. The van der Waals surface area contributed by atoms with Gasteiger partial charge in [-0.2, -0.15) is 23.5 Å². The van der Waals surface area contributed by atoms with E-state index < -0.39 is 0 Å². The highest BCUT2D eigenvalue weighted by Gasteiger charge is 2.20. The van der Waals surface area contributed by atoms with E-state index in [4.69, 9.17) is 9.47 Å². The molecule has 0 unspecified atom stereocenters. The second-order valence-corrected chi connectivity index (χ2v) is 9.87. The van der Waals surface area contributed by atoms with Crippen LogP contribution in [-0.2, 0) is 5.41 Å². The molecule has 0 N–H and O–H groups in total. The fraction of sp³-hybridized carbons (Fsp3) is 0.417. The van der Waals surface area contributed by atoms with Gasteiger partial charge in [-0.3, -0.25) is 0 Å². The number of hydrogen-bond acceptors (Lipinski definition) is 4. The predicted octanol–water partition coefficient (Wildman–Crippen LogP) is 6.77. The van der Waals surface area contributed by atoms with Crippen LogP contribution in [0.2, 0.25) is 0 Å².